The van der Waals surface area contributed by atoms with Crippen molar-refractivity contribution in [1.29, 1.82) is 0 Å². The fraction of sp³-hybridized carbons (Fsp3) is 0.400. The van der Waals surface area contributed by atoms with E-state index in [9.17, 15) is 4.79 Å². The Morgan fingerprint density at radius 3 is 2.53 bits per heavy atom. The van der Waals surface area contributed by atoms with E-state index in [0.29, 0.717) is 13.2 Å². The highest BCUT2D eigenvalue weighted by Gasteiger charge is 2.28. The molecule has 4 heteroatoms. The molecule has 2 rings (SSSR count). The highest BCUT2D eigenvalue weighted by molar-refractivity contribution is 5.91. The van der Waals surface area contributed by atoms with E-state index in [2.05, 4.69) is 5.32 Å². The molecule has 0 unspecified atom stereocenters. The van der Waals surface area contributed by atoms with Crippen LogP contribution in [0.3, 0.4) is 0 Å². The zero-order valence-corrected chi connectivity index (χ0v) is 11.3. The van der Waals surface area contributed by atoms with Crippen LogP contribution in [0.5, 0.6) is 0 Å². The van der Waals surface area contributed by atoms with Gasteiger partial charge in [0.2, 0.25) is 5.91 Å². The van der Waals surface area contributed by atoms with Gasteiger partial charge in [0, 0.05) is 6.08 Å². The lowest BCUT2D eigenvalue weighted by Crippen LogP contribution is -2.49. The van der Waals surface area contributed by atoms with E-state index in [0.717, 1.165) is 5.56 Å². The summed E-state index contributed by atoms with van der Waals surface area (Å²) in [5, 5.41) is 2.85. The third-order valence-electron chi connectivity index (χ3n) is 2.84. The van der Waals surface area contributed by atoms with E-state index < -0.39 is 5.79 Å². The fourth-order valence-electron chi connectivity index (χ4n) is 1.76. The molecule has 1 saturated heterocycles. The van der Waals surface area contributed by atoms with Crippen LogP contribution < -0.4 is 5.32 Å². The van der Waals surface area contributed by atoms with Crippen molar-refractivity contribution >= 4 is 12.0 Å². The van der Waals surface area contributed by atoms with Crippen LogP contribution in [0.1, 0.15) is 19.4 Å². The van der Waals surface area contributed by atoms with Crippen molar-refractivity contribution in [2.75, 3.05) is 13.2 Å². The summed E-state index contributed by atoms with van der Waals surface area (Å²) in [6, 6.07) is 9.60. The van der Waals surface area contributed by atoms with Gasteiger partial charge in [-0.25, -0.2) is 0 Å². The SMILES string of the molecule is CC1(C)OCC(NC(=O)/C=C/c2ccccc2)CO1. The summed E-state index contributed by atoms with van der Waals surface area (Å²) in [4.78, 5) is 11.7. The first-order chi connectivity index (χ1) is 9.05. The molecule has 0 aromatic heterocycles. The molecule has 0 saturated carbocycles. The molecule has 1 aliphatic heterocycles. The van der Waals surface area contributed by atoms with Crippen LogP contribution in [0.15, 0.2) is 36.4 Å². The van der Waals surface area contributed by atoms with Crippen LogP contribution in [-0.2, 0) is 14.3 Å². The van der Waals surface area contributed by atoms with Crippen LogP contribution in [0.25, 0.3) is 6.08 Å². The van der Waals surface area contributed by atoms with Gasteiger partial charge in [0.05, 0.1) is 19.3 Å². The minimum absolute atomic E-state index is 0.0963. The van der Waals surface area contributed by atoms with E-state index in [4.69, 9.17) is 9.47 Å². The number of carbonyl (C=O) groups is 1. The molecule has 0 bridgehead atoms. The minimum Gasteiger partial charge on any atom is -0.348 e. The molecule has 0 aliphatic carbocycles. The second-order valence-corrected chi connectivity index (χ2v) is 4.97. The van der Waals surface area contributed by atoms with Crippen molar-refractivity contribution in [3.8, 4) is 0 Å². The zero-order valence-electron chi connectivity index (χ0n) is 11.3. The van der Waals surface area contributed by atoms with Crippen molar-refractivity contribution in [2.45, 2.75) is 25.7 Å². The lowest BCUT2D eigenvalue weighted by Gasteiger charge is -2.35. The van der Waals surface area contributed by atoms with E-state index in [1.807, 2.05) is 44.2 Å². The lowest BCUT2D eigenvalue weighted by atomic mass is 10.2. The van der Waals surface area contributed by atoms with Crippen molar-refractivity contribution in [1.82, 2.24) is 5.32 Å². The highest BCUT2D eigenvalue weighted by atomic mass is 16.7. The molecule has 1 heterocycles. The Hall–Kier alpha value is -1.65. The van der Waals surface area contributed by atoms with E-state index in [1.54, 1.807) is 6.08 Å². The van der Waals surface area contributed by atoms with Gasteiger partial charge in [-0.15, -0.1) is 0 Å². The molecule has 0 spiro atoms. The standard InChI is InChI=1S/C15H19NO3/c1-15(2)18-10-13(11-19-15)16-14(17)9-8-12-6-4-3-5-7-12/h3-9,13H,10-11H2,1-2H3,(H,16,17)/b9-8+. The highest BCUT2D eigenvalue weighted by Crippen LogP contribution is 2.16. The second-order valence-electron chi connectivity index (χ2n) is 4.97. The number of hydrogen-bond donors (Lipinski definition) is 1. The molecule has 19 heavy (non-hydrogen) atoms. The summed E-state index contributed by atoms with van der Waals surface area (Å²) >= 11 is 0. The predicted octanol–water partition coefficient (Wildman–Crippen LogP) is 1.97. The molecule has 1 aromatic carbocycles. The lowest BCUT2D eigenvalue weighted by molar-refractivity contribution is -0.252. The maximum Gasteiger partial charge on any atom is 0.244 e. The first-order valence-corrected chi connectivity index (χ1v) is 6.37. The maximum atomic E-state index is 11.7. The minimum atomic E-state index is -0.554. The first kappa shape index (κ1) is 13.8. The summed E-state index contributed by atoms with van der Waals surface area (Å²) in [6.45, 7) is 4.66. The monoisotopic (exact) mass is 261 g/mol. The van der Waals surface area contributed by atoms with Gasteiger partial charge in [0.15, 0.2) is 5.79 Å². The smallest absolute Gasteiger partial charge is 0.244 e. The Morgan fingerprint density at radius 2 is 1.89 bits per heavy atom. The van der Waals surface area contributed by atoms with Crippen LogP contribution in [-0.4, -0.2) is 30.9 Å². The summed E-state index contributed by atoms with van der Waals surface area (Å²) in [6.07, 6.45) is 3.30. The average Bonchev–Trinajstić information content (AvgIpc) is 2.40. The van der Waals surface area contributed by atoms with Crippen LogP contribution in [0, 0.1) is 0 Å². The Bertz CT molecular complexity index is 444. The van der Waals surface area contributed by atoms with Crippen molar-refractivity contribution in [2.24, 2.45) is 0 Å². The molecule has 1 amide bonds. The van der Waals surface area contributed by atoms with Crippen LogP contribution in [0.2, 0.25) is 0 Å². The molecular weight excluding hydrogens is 242 g/mol. The van der Waals surface area contributed by atoms with E-state index in [1.165, 1.54) is 6.08 Å². The predicted molar refractivity (Wildman–Crippen MR) is 73.4 cm³/mol. The molecule has 4 nitrogen and oxygen atoms in total. The van der Waals surface area contributed by atoms with Crippen molar-refractivity contribution in [3.05, 3.63) is 42.0 Å². The van der Waals surface area contributed by atoms with Gasteiger partial charge in [-0.3, -0.25) is 4.79 Å². The van der Waals surface area contributed by atoms with Crippen molar-refractivity contribution < 1.29 is 14.3 Å². The Balaban J connectivity index is 1.81. The molecule has 1 aliphatic rings. The van der Waals surface area contributed by atoms with Gasteiger partial charge in [-0.1, -0.05) is 30.3 Å². The number of hydrogen-bond acceptors (Lipinski definition) is 3. The zero-order chi connectivity index (χ0) is 13.7. The van der Waals surface area contributed by atoms with Crippen LogP contribution in [0.4, 0.5) is 0 Å². The Labute approximate surface area is 113 Å². The van der Waals surface area contributed by atoms with Crippen molar-refractivity contribution in [3.63, 3.8) is 0 Å². The molecule has 1 N–H and O–H groups in total. The first-order valence-electron chi connectivity index (χ1n) is 6.37. The van der Waals surface area contributed by atoms with Crippen LogP contribution >= 0.6 is 0 Å². The number of benzene rings is 1. The summed E-state index contributed by atoms with van der Waals surface area (Å²) < 4.78 is 11.0. The number of amides is 1. The Morgan fingerprint density at radius 1 is 1.26 bits per heavy atom. The van der Waals surface area contributed by atoms with Gasteiger partial charge in [0.1, 0.15) is 0 Å². The third kappa shape index (κ3) is 4.50. The average molecular weight is 261 g/mol. The largest absolute Gasteiger partial charge is 0.348 e. The van der Waals surface area contributed by atoms with Gasteiger partial charge >= 0.3 is 0 Å². The van der Waals surface area contributed by atoms with Gasteiger partial charge < -0.3 is 14.8 Å². The normalized spacial score (nSPS) is 19.5. The van der Waals surface area contributed by atoms with E-state index in [-0.39, 0.29) is 11.9 Å². The topological polar surface area (TPSA) is 47.6 Å². The quantitative estimate of drug-likeness (QED) is 0.846. The number of ether oxygens (including phenoxy) is 2. The second kappa shape index (κ2) is 5.99. The summed E-state index contributed by atoms with van der Waals surface area (Å²) in [5.41, 5.74) is 0.995. The third-order valence-corrected chi connectivity index (χ3v) is 2.84. The fourth-order valence-corrected chi connectivity index (χ4v) is 1.76. The molecule has 102 valence electrons. The Kier molecular flexibility index (Phi) is 4.35. The summed E-state index contributed by atoms with van der Waals surface area (Å²) in [5.74, 6) is -0.693. The number of nitrogens with one attached hydrogen (secondary N) is 1. The van der Waals surface area contributed by atoms with Gasteiger partial charge in [-0.05, 0) is 25.5 Å². The van der Waals surface area contributed by atoms with Gasteiger partial charge in [0.25, 0.3) is 0 Å². The molecular formula is C15H19NO3. The maximum absolute atomic E-state index is 11.7. The number of carbonyl (C=O) groups excluding carboxylic acids is 1. The molecule has 0 atom stereocenters. The molecule has 1 fully saturated rings. The molecule has 0 radical (unpaired) electrons. The van der Waals surface area contributed by atoms with E-state index >= 15 is 0 Å². The molecule has 1 aromatic rings. The number of rotatable bonds is 3. The summed E-state index contributed by atoms with van der Waals surface area (Å²) in [7, 11) is 0. The van der Waals surface area contributed by atoms with Gasteiger partial charge in [-0.2, -0.15) is 0 Å².